The number of carboxylic acid groups (broad SMARTS) is 1. The minimum Gasteiger partial charge on any atom is -0.476 e. The van der Waals surface area contributed by atoms with Crippen molar-refractivity contribution in [2.24, 2.45) is 0 Å². The molecule has 5 heteroatoms. The van der Waals surface area contributed by atoms with E-state index >= 15 is 0 Å². The van der Waals surface area contributed by atoms with Crippen molar-refractivity contribution in [3.63, 3.8) is 0 Å². The molecule has 0 spiro atoms. The maximum atomic E-state index is 10.7. The van der Waals surface area contributed by atoms with Gasteiger partial charge in [0.15, 0.2) is 5.69 Å². The Balaban J connectivity index is 2.09. The Kier molecular flexibility index (Phi) is 2.41. The largest absolute Gasteiger partial charge is 0.476 e. The second-order valence-corrected chi connectivity index (χ2v) is 3.17. The Morgan fingerprint density at radius 3 is 2.86 bits per heavy atom. The fourth-order valence-electron chi connectivity index (χ4n) is 1.08. The fraction of sp³-hybridized carbons (Fsp3) is 0.444. The van der Waals surface area contributed by atoms with Crippen LogP contribution in [0.25, 0.3) is 0 Å². The molecular formula is C9H10N2O3. The van der Waals surface area contributed by atoms with E-state index in [2.05, 4.69) is 9.97 Å². The lowest BCUT2D eigenvalue weighted by molar-refractivity contribution is 0.0673. The van der Waals surface area contributed by atoms with Crippen molar-refractivity contribution < 1.29 is 14.6 Å². The Morgan fingerprint density at radius 1 is 1.50 bits per heavy atom. The van der Waals surface area contributed by atoms with Gasteiger partial charge in [-0.25, -0.2) is 9.78 Å². The monoisotopic (exact) mass is 194 g/mol. The summed E-state index contributed by atoms with van der Waals surface area (Å²) < 4.78 is 5.36. The lowest BCUT2D eigenvalue weighted by atomic mass is 10.3. The van der Waals surface area contributed by atoms with Crippen molar-refractivity contribution in [1.82, 2.24) is 9.97 Å². The Labute approximate surface area is 80.8 Å². The Morgan fingerprint density at radius 2 is 2.21 bits per heavy atom. The first-order chi connectivity index (χ1) is 6.77. The molecule has 1 heterocycles. The van der Waals surface area contributed by atoms with E-state index in [0.717, 1.165) is 12.8 Å². The molecule has 2 rings (SSSR count). The van der Waals surface area contributed by atoms with Gasteiger partial charge >= 0.3 is 5.97 Å². The maximum absolute atomic E-state index is 10.7. The number of nitrogens with zero attached hydrogens (tertiary/aromatic N) is 2. The summed E-state index contributed by atoms with van der Waals surface area (Å²) in [7, 11) is 0. The SMILES string of the molecule is O=C(O)c1nccnc1COC1CC1. The molecule has 1 aromatic heterocycles. The molecule has 1 aliphatic rings. The number of hydrogen-bond acceptors (Lipinski definition) is 4. The van der Waals surface area contributed by atoms with Gasteiger partial charge in [-0.2, -0.15) is 0 Å². The highest BCUT2D eigenvalue weighted by atomic mass is 16.5. The van der Waals surface area contributed by atoms with E-state index in [4.69, 9.17) is 9.84 Å². The second kappa shape index (κ2) is 3.71. The molecule has 1 N–H and O–H groups in total. The number of rotatable bonds is 4. The van der Waals surface area contributed by atoms with Crippen LogP contribution in [0.15, 0.2) is 12.4 Å². The molecule has 5 nitrogen and oxygen atoms in total. The predicted molar refractivity (Wildman–Crippen MR) is 46.8 cm³/mol. The lowest BCUT2D eigenvalue weighted by Crippen LogP contribution is -2.09. The van der Waals surface area contributed by atoms with Gasteiger partial charge in [0.1, 0.15) is 0 Å². The van der Waals surface area contributed by atoms with Gasteiger partial charge in [0.25, 0.3) is 0 Å². The van der Waals surface area contributed by atoms with Gasteiger partial charge < -0.3 is 9.84 Å². The summed E-state index contributed by atoms with van der Waals surface area (Å²) in [6.07, 6.45) is 5.24. The lowest BCUT2D eigenvalue weighted by Gasteiger charge is -2.03. The molecular weight excluding hydrogens is 184 g/mol. The third-order valence-electron chi connectivity index (χ3n) is 1.96. The summed E-state index contributed by atoms with van der Waals surface area (Å²) in [5.41, 5.74) is 0.375. The molecule has 0 bridgehead atoms. The van der Waals surface area contributed by atoms with Crippen molar-refractivity contribution in [2.75, 3.05) is 0 Å². The van der Waals surface area contributed by atoms with Gasteiger partial charge in [-0.05, 0) is 12.8 Å². The second-order valence-electron chi connectivity index (χ2n) is 3.17. The molecule has 0 aliphatic heterocycles. The van der Waals surface area contributed by atoms with Crippen LogP contribution >= 0.6 is 0 Å². The maximum Gasteiger partial charge on any atom is 0.356 e. The zero-order valence-corrected chi connectivity index (χ0v) is 7.51. The zero-order chi connectivity index (χ0) is 9.97. The normalized spacial score (nSPS) is 15.4. The van der Waals surface area contributed by atoms with E-state index in [1.165, 1.54) is 12.4 Å². The number of carbonyl (C=O) groups is 1. The summed E-state index contributed by atoms with van der Waals surface area (Å²) in [5.74, 6) is -1.06. The van der Waals surface area contributed by atoms with Gasteiger partial charge in [-0.15, -0.1) is 0 Å². The van der Waals surface area contributed by atoms with Gasteiger partial charge in [0, 0.05) is 12.4 Å². The third kappa shape index (κ3) is 2.05. The van der Waals surface area contributed by atoms with E-state index in [9.17, 15) is 4.79 Å². The average Bonchev–Trinajstić information content (AvgIpc) is 2.98. The van der Waals surface area contributed by atoms with E-state index < -0.39 is 5.97 Å². The first-order valence-corrected chi connectivity index (χ1v) is 4.42. The zero-order valence-electron chi connectivity index (χ0n) is 7.51. The Bertz CT molecular complexity index is 350. The Hall–Kier alpha value is -1.49. The molecule has 0 aromatic carbocycles. The summed E-state index contributed by atoms with van der Waals surface area (Å²) in [5, 5.41) is 8.79. The van der Waals surface area contributed by atoms with Crippen molar-refractivity contribution in [1.29, 1.82) is 0 Å². The number of aromatic nitrogens is 2. The van der Waals surface area contributed by atoms with Gasteiger partial charge in [-0.3, -0.25) is 4.98 Å². The fourth-order valence-corrected chi connectivity index (χ4v) is 1.08. The van der Waals surface area contributed by atoms with Crippen LogP contribution in [-0.4, -0.2) is 27.1 Å². The molecule has 0 atom stereocenters. The van der Waals surface area contributed by atoms with Crippen LogP contribution in [0.4, 0.5) is 0 Å². The molecule has 14 heavy (non-hydrogen) atoms. The van der Waals surface area contributed by atoms with Crippen molar-refractivity contribution in [3.05, 3.63) is 23.8 Å². The average molecular weight is 194 g/mol. The van der Waals surface area contributed by atoms with Crippen LogP contribution in [0.1, 0.15) is 29.0 Å². The van der Waals surface area contributed by atoms with Crippen LogP contribution in [0.5, 0.6) is 0 Å². The standard InChI is InChI=1S/C9H10N2O3/c12-9(13)8-7(10-3-4-11-8)5-14-6-1-2-6/h3-4,6H,1-2,5H2,(H,12,13). The van der Waals surface area contributed by atoms with Crippen LogP contribution in [-0.2, 0) is 11.3 Å². The topological polar surface area (TPSA) is 72.3 Å². The smallest absolute Gasteiger partial charge is 0.356 e. The number of ether oxygens (including phenoxy) is 1. The van der Waals surface area contributed by atoms with Crippen LogP contribution < -0.4 is 0 Å². The minimum absolute atomic E-state index is 0.0202. The molecule has 1 fully saturated rings. The van der Waals surface area contributed by atoms with Crippen LogP contribution in [0.2, 0.25) is 0 Å². The van der Waals surface area contributed by atoms with Crippen molar-refractivity contribution in [3.8, 4) is 0 Å². The molecule has 1 aromatic rings. The first-order valence-electron chi connectivity index (χ1n) is 4.42. The first kappa shape index (κ1) is 9.08. The van der Waals surface area contributed by atoms with Gasteiger partial charge in [0.05, 0.1) is 18.4 Å². The highest BCUT2D eigenvalue weighted by Gasteiger charge is 2.23. The molecule has 0 unspecified atom stereocenters. The van der Waals surface area contributed by atoms with Crippen LogP contribution in [0.3, 0.4) is 0 Å². The molecule has 1 saturated carbocycles. The van der Waals surface area contributed by atoms with Crippen molar-refractivity contribution >= 4 is 5.97 Å². The third-order valence-corrected chi connectivity index (χ3v) is 1.96. The molecule has 0 amide bonds. The summed E-state index contributed by atoms with van der Waals surface area (Å²) in [4.78, 5) is 18.4. The summed E-state index contributed by atoms with van der Waals surface area (Å²) in [6, 6.07) is 0. The highest BCUT2D eigenvalue weighted by Crippen LogP contribution is 2.24. The number of carboxylic acids is 1. The highest BCUT2D eigenvalue weighted by molar-refractivity contribution is 5.86. The van der Waals surface area contributed by atoms with E-state index in [1.54, 1.807) is 0 Å². The number of hydrogen-bond donors (Lipinski definition) is 1. The van der Waals surface area contributed by atoms with Gasteiger partial charge in [-0.1, -0.05) is 0 Å². The quantitative estimate of drug-likeness (QED) is 0.769. The van der Waals surface area contributed by atoms with Gasteiger partial charge in [0.2, 0.25) is 0 Å². The van der Waals surface area contributed by atoms with E-state index in [-0.39, 0.29) is 12.3 Å². The summed E-state index contributed by atoms with van der Waals surface area (Å²) >= 11 is 0. The summed E-state index contributed by atoms with van der Waals surface area (Å²) in [6.45, 7) is 0.236. The molecule has 74 valence electrons. The van der Waals surface area contributed by atoms with E-state index in [1.807, 2.05) is 0 Å². The number of aromatic carboxylic acids is 1. The van der Waals surface area contributed by atoms with E-state index in [0.29, 0.717) is 11.8 Å². The molecule has 1 aliphatic carbocycles. The molecule has 0 radical (unpaired) electrons. The van der Waals surface area contributed by atoms with Crippen LogP contribution in [0, 0.1) is 0 Å². The molecule has 0 saturated heterocycles. The minimum atomic E-state index is -1.06. The van der Waals surface area contributed by atoms with Crippen molar-refractivity contribution in [2.45, 2.75) is 25.6 Å². The predicted octanol–water partition coefficient (Wildman–Crippen LogP) is 0.854.